The molecule has 1 aliphatic carbocycles. The maximum atomic E-state index is 12.3. The van der Waals surface area contributed by atoms with E-state index in [1.165, 1.54) is 18.4 Å². The van der Waals surface area contributed by atoms with Gasteiger partial charge in [0.15, 0.2) is 0 Å². The second-order valence-corrected chi connectivity index (χ2v) is 7.44. The Hall–Kier alpha value is -2.56. The number of hydrogen-bond donors (Lipinski definition) is 1. The number of nitrogens with one attached hydrogen (secondary N) is 1. The maximum Gasteiger partial charge on any atom is 0.226 e. The fourth-order valence-corrected chi connectivity index (χ4v) is 4.09. The first-order valence-electron chi connectivity index (χ1n) is 8.89. The van der Waals surface area contributed by atoms with Gasteiger partial charge in [-0.3, -0.25) is 9.48 Å². The van der Waals surface area contributed by atoms with E-state index in [2.05, 4.69) is 31.3 Å². The van der Waals surface area contributed by atoms with E-state index >= 15 is 0 Å². The van der Waals surface area contributed by atoms with Crippen LogP contribution in [0.1, 0.15) is 59.2 Å². The molecule has 25 heavy (non-hydrogen) atoms. The minimum Gasteiger partial charge on any atom is -0.460 e. The Balaban J connectivity index is 1.73. The molecule has 5 rings (SSSR count). The van der Waals surface area contributed by atoms with Crippen LogP contribution in [-0.4, -0.2) is 15.7 Å². The number of anilines is 1. The quantitative estimate of drug-likeness (QED) is 0.766. The highest BCUT2D eigenvalue weighted by molar-refractivity contribution is 5.95. The Kier molecular flexibility index (Phi) is 2.94. The molecule has 2 aromatic heterocycles. The summed E-state index contributed by atoms with van der Waals surface area (Å²) in [5.74, 6) is 2.24. The molecule has 5 heteroatoms. The summed E-state index contributed by atoms with van der Waals surface area (Å²) in [5, 5.41) is 8.87. The van der Waals surface area contributed by atoms with Gasteiger partial charge >= 0.3 is 0 Å². The van der Waals surface area contributed by atoms with Crippen molar-refractivity contribution in [2.24, 2.45) is 7.05 Å². The van der Waals surface area contributed by atoms with E-state index in [4.69, 9.17) is 9.52 Å². The molecular formula is C20H21N3O2. The van der Waals surface area contributed by atoms with E-state index in [1.54, 1.807) is 0 Å². The van der Waals surface area contributed by atoms with Gasteiger partial charge in [-0.1, -0.05) is 11.6 Å². The smallest absolute Gasteiger partial charge is 0.226 e. The first-order valence-corrected chi connectivity index (χ1v) is 8.89. The van der Waals surface area contributed by atoms with Gasteiger partial charge in [-0.25, -0.2) is 0 Å². The minimum atomic E-state index is -0.0549. The second kappa shape index (κ2) is 4.97. The lowest BCUT2D eigenvalue weighted by atomic mass is 9.87. The Bertz CT molecular complexity index is 1020. The van der Waals surface area contributed by atoms with Crippen LogP contribution in [0.3, 0.4) is 0 Å². The van der Waals surface area contributed by atoms with Crippen molar-refractivity contribution in [1.29, 1.82) is 0 Å². The Morgan fingerprint density at radius 3 is 2.84 bits per heavy atom. The third kappa shape index (κ3) is 2.15. The van der Waals surface area contributed by atoms with Crippen molar-refractivity contribution in [1.82, 2.24) is 9.78 Å². The molecule has 5 nitrogen and oxygen atoms in total. The Morgan fingerprint density at radius 2 is 2.08 bits per heavy atom. The van der Waals surface area contributed by atoms with E-state index in [9.17, 15) is 4.79 Å². The number of carbonyl (C=O) groups excluding carboxylic acids is 1. The lowest BCUT2D eigenvalue weighted by Crippen LogP contribution is -2.25. The van der Waals surface area contributed by atoms with Gasteiger partial charge in [-0.15, -0.1) is 0 Å². The van der Waals surface area contributed by atoms with Crippen LogP contribution in [0, 0.1) is 13.8 Å². The highest BCUT2D eigenvalue weighted by atomic mass is 16.3. The summed E-state index contributed by atoms with van der Waals surface area (Å²) < 4.78 is 8.06. The summed E-state index contributed by atoms with van der Waals surface area (Å²) >= 11 is 0. The summed E-state index contributed by atoms with van der Waals surface area (Å²) in [7, 11) is 1.90. The van der Waals surface area contributed by atoms with Crippen LogP contribution in [0.2, 0.25) is 0 Å². The molecule has 1 unspecified atom stereocenters. The summed E-state index contributed by atoms with van der Waals surface area (Å²) in [6.45, 7) is 4.18. The van der Waals surface area contributed by atoms with Gasteiger partial charge in [0.1, 0.15) is 17.2 Å². The predicted octanol–water partition coefficient (Wildman–Crippen LogP) is 4.13. The fraction of sp³-hybridized carbons (Fsp3) is 0.400. The van der Waals surface area contributed by atoms with Crippen molar-refractivity contribution >= 4 is 22.7 Å². The molecule has 1 fully saturated rings. The van der Waals surface area contributed by atoms with Crippen LogP contribution in [0.5, 0.6) is 0 Å². The first kappa shape index (κ1) is 14.8. The molecule has 1 aliphatic heterocycles. The monoisotopic (exact) mass is 335 g/mol. The van der Waals surface area contributed by atoms with Crippen LogP contribution in [0.15, 0.2) is 22.6 Å². The van der Waals surface area contributed by atoms with Crippen LogP contribution in [0.4, 0.5) is 5.82 Å². The lowest BCUT2D eigenvalue weighted by Gasteiger charge is -2.23. The Morgan fingerprint density at radius 1 is 1.28 bits per heavy atom. The number of rotatable bonds is 2. The van der Waals surface area contributed by atoms with Gasteiger partial charge in [0.2, 0.25) is 5.91 Å². The van der Waals surface area contributed by atoms with Crippen molar-refractivity contribution in [3.8, 4) is 0 Å². The number of furan rings is 1. The number of aromatic nitrogens is 2. The fourth-order valence-electron chi connectivity index (χ4n) is 4.09. The predicted molar refractivity (Wildman–Crippen MR) is 96.0 cm³/mol. The van der Waals surface area contributed by atoms with Crippen LogP contribution in [0.25, 0.3) is 11.0 Å². The average Bonchev–Trinajstić information content (AvgIpc) is 3.31. The van der Waals surface area contributed by atoms with Gasteiger partial charge in [0, 0.05) is 30.3 Å². The highest BCUT2D eigenvalue weighted by Gasteiger charge is 2.40. The first-order chi connectivity index (χ1) is 12.0. The zero-order valence-corrected chi connectivity index (χ0v) is 14.7. The van der Waals surface area contributed by atoms with Crippen molar-refractivity contribution in [3.05, 3.63) is 46.3 Å². The molecule has 0 saturated heterocycles. The van der Waals surface area contributed by atoms with Crippen molar-refractivity contribution in [2.45, 2.75) is 44.9 Å². The Labute approximate surface area is 146 Å². The van der Waals surface area contributed by atoms with Gasteiger partial charge in [0.05, 0.1) is 11.6 Å². The van der Waals surface area contributed by atoms with E-state index in [0.717, 1.165) is 39.4 Å². The van der Waals surface area contributed by atoms with Crippen molar-refractivity contribution in [2.75, 3.05) is 5.32 Å². The largest absolute Gasteiger partial charge is 0.460 e. The van der Waals surface area contributed by atoms with Crippen LogP contribution in [-0.2, 0) is 11.8 Å². The molecule has 3 heterocycles. The molecular weight excluding hydrogens is 314 g/mol. The van der Waals surface area contributed by atoms with Gasteiger partial charge in [-0.2, -0.15) is 5.10 Å². The lowest BCUT2D eigenvalue weighted by molar-refractivity contribution is -0.116. The maximum absolute atomic E-state index is 12.3. The molecule has 1 saturated carbocycles. The third-order valence-electron chi connectivity index (χ3n) is 5.52. The van der Waals surface area contributed by atoms with E-state index in [0.29, 0.717) is 12.3 Å². The molecule has 0 spiro atoms. The van der Waals surface area contributed by atoms with Crippen LogP contribution < -0.4 is 5.32 Å². The summed E-state index contributed by atoms with van der Waals surface area (Å²) in [5.41, 5.74) is 5.53. The van der Waals surface area contributed by atoms with Gasteiger partial charge in [-0.05, 0) is 44.4 Å². The summed E-state index contributed by atoms with van der Waals surface area (Å²) in [6, 6.07) is 6.25. The number of nitrogens with zero attached hydrogens (tertiary/aromatic N) is 2. The van der Waals surface area contributed by atoms with E-state index < -0.39 is 0 Å². The standard InChI is InChI=1S/C20H21N3O2/c1-10-4-7-15-13(8-10)11(2)19(25-15)14-9-16(24)21-20-17(14)18(12-5-6-12)22-23(20)3/h4,7-8,12,14H,5-6,9H2,1-3H3,(H,21,24). The number of amides is 1. The topological polar surface area (TPSA) is 60.1 Å². The number of aryl methyl sites for hydroxylation is 3. The molecule has 1 N–H and O–H groups in total. The van der Waals surface area contributed by atoms with Crippen LogP contribution >= 0.6 is 0 Å². The normalized spacial score (nSPS) is 20.0. The minimum absolute atomic E-state index is 0.0267. The molecule has 128 valence electrons. The van der Waals surface area contributed by atoms with Crippen molar-refractivity contribution in [3.63, 3.8) is 0 Å². The molecule has 1 atom stereocenters. The van der Waals surface area contributed by atoms with E-state index in [1.807, 2.05) is 17.8 Å². The second-order valence-electron chi connectivity index (χ2n) is 7.44. The van der Waals surface area contributed by atoms with Gasteiger partial charge in [0.25, 0.3) is 0 Å². The molecule has 1 amide bonds. The molecule has 0 radical (unpaired) electrons. The number of fused-ring (bicyclic) bond motifs is 2. The summed E-state index contributed by atoms with van der Waals surface area (Å²) in [6.07, 6.45) is 2.78. The molecule has 3 aromatic rings. The SMILES string of the molecule is Cc1ccc2oc(C3CC(=O)Nc4c3c(C3CC3)nn4C)c(C)c2c1. The molecule has 2 aliphatic rings. The number of carbonyl (C=O) groups is 1. The number of benzene rings is 1. The average molecular weight is 335 g/mol. The zero-order valence-electron chi connectivity index (χ0n) is 14.7. The molecule has 1 aromatic carbocycles. The third-order valence-corrected chi connectivity index (χ3v) is 5.52. The molecule has 0 bridgehead atoms. The number of hydrogen-bond acceptors (Lipinski definition) is 3. The van der Waals surface area contributed by atoms with Gasteiger partial charge < -0.3 is 9.73 Å². The van der Waals surface area contributed by atoms with E-state index in [-0.39, 0.29) is 11.8 Å². The highest BCUT2D eigenvalue weighted by Crippen LogP contribution is 2.49. The van der Waals surface area contributed by atoms with Crippen molar-refractivity contribution < 1.29 is 9.21 Å². The summed E-state index contributed by atoms with van der Waals surface area (Å²) in [4.78, 5) is 12.3. The zero-order chi connectivity index (χ0) is 17.3.